The Labute approximate surface area is 169 Å². The van der Waals surface area contributed by atoms with E-state index in [-0.39, 0.29) is 47.9 Å². The fourth-order valence-corrected chi connectivity index (χ4v) is 2.14. The molecule has 0 bridgehead atoms. The summed E-state index contributed by atoms with van der Waals surface area (Å²) in [5, 5.41) is 5.92. The number of methoxy groups -OCH3 is 1. The Balaban J connectivity index is 0.00000625. The van der Waals surface area contributed by atoms with E-state index in [0.717, 1.165) is 12.5 Å². The molecular weight excluding hydrogens is 462 g/mol. The third-order valence-corrected chi connectivity index (χ3v) is 3.25. The van der Waals surface area contributed by atoms with Gasteiger partial charge in [0.2, 0.25) is 0 Å². The van der Waals surface area contributed by atoms with Gasteiger partial charge in [0.05, 0.1) is 11.7 Å². The van der Waals surface area contributed by atoms with Gasteiger partial charge in [-0.2, -0.15) is 13.2 Å². The molecule has 0 amide bonds. The van der Waals surface area contributed by atoms with Crippen LogP contribution in [0, 0.1) is 0 Å². The molecule has 0 heterocycles. The number of ether oxygens (including phenoxy) is 2. The highest BCUT2D eigenvalue weighted by Crippen LogP contribution is 2.34. The van der Waals surface area contributed by atoms with Crippen molar-refractivity contribution < 1.29 is 22.6 Å². The van der Waals surface area contributed by atoms with Crippen molar-refractivity contribution in [2.45, 2.75) is 39.1 Å². The van der Waals surface area contributed by atoms with Gasteiger partial charge in [-0.25, -0.2) is 0 Å². The Morgan fingerprint density at radius 2 is 1.92 bits per heavy atom. The molecule has 0 aliphatic heterocycles. The number of guanidine groups is 1. The van der Waals surface area contributed by atoms with Gasteiger partial charge < -0.3 is 20.1 Å². The zero-order chi connectivity index (χ0) is 18.9. The van der Waals surface area contributed by atoms with E-state index in [4.69, 9.17) is 9.47 Å². The van der Waals surface area contributed by atoms with E-state index in [1.165, 1.54) is 6.07 Å². The van der Waals surface area contributed by atoms with Crippen molar-refractivity contribution in [3.63, 3.8) is 0 Å². The lowest BCUT2D eigenvalue weighted by atomic mass is 10.1. The number of hydrogen-bond acceptors (Lipinski definition) is 3. The van der Waals surface area contributed by atoms with Crippen molar-refractivity contribution in [1.29, 1.82) is 0 Å². The molecular formula is C17H27F3IN3O2. The number of aliphatic imine (C=N–C) groups is 1. The summed E-state index contributed by atoms with van der Waals surface area (Å²) in [6.45, 7) is 4.74. The minimum Gasteiger partial charge on any atom is -0.491 e. The SMILES string of the molecule is CN=C(NCCCOC)NCc1ccc(OC(C)C)cc1C(F)(F)F.I. The lowest BCUT2D eigenvalue weighted by Crippen LogP contribution is -2.38. The van der Waals surface area contributed by atoms with Crippen LogP contribution in [0.1, 0.15) is 31.4 Å². The first-order chi connectivity index (χ1) is 11.8. The summed E-state index contributed by atoms with van der Waals surface area (Å²) < 4.78 is 50.3. The van der Waals surface area contributed by atoms with Crippen LogP contribution in [0.5, 0.6) is 5.75 Å². The van der Waals surface area contributed by atoms with E-state index < -0.39 is 11.7 Å². The highest BCUT2D eigenvalue weighted by atomic mass is 127. The molecule has 1 aromatic rings. The number of nitrogens with one attached hydrogen (secondary N) is 2. The molecule has 1 rings (SSSR count). The first-order valence-electron chi connectivity index (χ1n) is 8.08. The molecule has 150 valence electrons. The fraction of sp³-hybridized carbons (Fsp3) is 0.588. The Kier molecular flexibility index (Phi) is 11.6. The van der Waals surface area contributed by atoms with Crippen molar-refractivity contribution in [2.24, 2.45) is 4.99 Å². The van der Waals surface area contributed by atoms with Crippen LogP contribution < -0.4 is 15.4 Å². The Bertz CT molecular complexity index is 567. The predicted octanol–water partition coefficient (Wildman–Crippen LogP) is 3.81. The zero-order valence-corrected chi connectivity index (χ0v) is 17.8. The molecule has 0 spiro atoms. The van der Waals surface area contributed by atoms with Crippen LogP contribution in [-0.4, -0.2) is 39.4 Å². The normalized spacial score (nSPS) is 11.9. The molecule has 0 fully saturated rings. The lowest BCUT2D eigenvalue weighted by Gasteiger charge is -2.18. The molecule has 0 radical (unpaired) electrons. The topological polar surface area (TPSA) is 54.9 Å². The van der Waals surface area contributed by atoms with Crippen LogP contribution in [-0.2, 0) is 17.5 Å². The first-order valence-corrected chi connectivity index (χ1v) is 8.08. The predicted molar refractivity (Wildman–Crippen MR) is 107 cm³/mol. The molecule has 26 heavy (non-hydrogen) atoms. The molecule has 0 aliphatic carbocycles. The average molecular weight is 489 g/mol. The van der Waals surface area contributed by atoms with E-state index in [1.807, 2.05) is 0 Å². The van der Waals surface area contributed by atoms with Gasteiger partial charge in [-0.1, -0.05) is 6.07 Å². The van der Waals surface area contributed by atoms with Gasteiger partial charge in [0.25, 0.3) is 0 Å². The van der Waals surface area contributed by atoms with Crippen molar-refractivity contribution in [3.05, 3.63) is 29.3 Å². The van der Waals surface area contributed by atoms with Crippen molar-refractivity contribution in [1.82, 2.24) is 10.6 Å². The smallest absolute Gasteiger partial charge is 0.416 e. The Morgan fingerprint density at radius 1 is 1.23 bits per heavy atom. The van der Waals surface area contributed by atoms with Crippen molar-refractivity contribution in [3.8, 4) is 5.75 Å². The maximum atomic E-state index is 13.3. The van der Waals surface area contributed by atoms with Crippen LogP contribution in [0.4, 0.5) is 13.2 Å². The maximum Gasteiger partial charge on any atom is 0.416 e. The van der Waals surface area contributed by atoms with Gasteiger partial charge in [-0.15, -0.1) is 24.0 Å². The largest absolute Gasteiger partial charge is 0.491 e. The van der Waals surface area contributed by atoms with Gasteiger partial charge in [0.15, 0.2) is 5.96 Å². The molecule has 0 unspecified atom stereocenters. The Morgan fingerprint density at radius 3 is 2.46 bits per heavy atom. The van der Waals surface area contributed by atoms with Gasteiger partial charge in [0, 0.05) is 33.9 Å². The van der Waals surface area contributed by atoms with E-state index in [1.54, 1.807) is 34.1 Å². The van der Waals surface area contributed by atoms with E-state index in [9.17, 15) is 13.2 Å². The number of alkyl halides is 3. The average Bonchev–Trinajstić information content (AvgIpc) is 2.53. The van der Waals surface area contributed by atoms with Crippen LogP contribution in [0.15, 0.2) is 23.2 Å². The fourth-order valence-electron chi connectivity index (χ4n) is 2.14. The van der Waals surface area contributed by atoms with Crippen LogP contribution in [0.25, 0.3) is 0 Å². The Hall–Kier alpha value is -1.23. The highest BCUT2D eigenvalue weighted by molar-refractivity contribution is 14.0. The van der Waals surface area contributed by atoms with Crippen LogP contribution in [0.3, 0.4) is 0 Å². The van der Waals surface area contributed by atoms with Crippen molar-refractivity contribution >= 4 is 29.9 Å². The second-order valence-corrected chi connectivity index (χ2v) is 5.68. The van der Waals surface area contributed by atoms with E-state index in [0.29, 0.717) is 19.1 Å². The van der Waals surface area contributed by atoms with E-state index >= 15 is 0 Å². The summed E-state index contributed by atoms with van der Waals surface area (Å²) in [6.07, 6.45) is -3.88. The summed E-state index contributed by atoms with van der Waals surface area (Å²) in [6, 6.07) is 4.00. The molecule has 0 saturated carbocycles. The summed E-state index contributed by atoms with van der Waals surface area (Å²) in [4.78, 5) is 4.00. The first kappa shape index (κ1) is 24.8. The number of rotatable bonds is 8. The molecule has 5 nitrogen and oxygen atoms in total. The zero-order valence-electron chi connectivity index (χ0n) is 15.4. The minimum absolute atomic E-state index is 0. The summed E-state index contributed by atoms with van der Waals surface area (Å²) in [7, 11) is 3.17. The van der Waals surface area contributed by atoms with Gasteiger partial charge in [0.1, 0.15) is 5.75 Å². The second kappa shape index (κ2) is 12.2. The molecule has 0 aliphatic rings. The van der Waals surface area contributed by atoms with E-state index in [2.05, 4.69) is 15.6 Å². The highest BCUT2D eigenvalue weighted by Gasteiger charge is 2.33. The summed E-state index contributed by atoms with van der Waals surface area (Å²) in [5.41, 5.74) is -0.587. The standard InChI is InChI=1S/C17H26F3N3O2.HI/c1-12(2)25-14-7-6-13(15(10-14)17(18,19)20)11-23-16(21-3)22-8-5-9-24-4;/h6-7,10,12H,5,8-9,11H2,1-4H3,(H2,21,22,23);1H. The minimum atomic E-state index is -4.46. The van der Waals surface area contributed by atoms with Gasteiger partial charge >= 0.3 is 6.18 Å². The summed E-state index contributed by atoms with van der Waals surface area (Å²) >= 11 is 0. The van der Waals surface area contributed by atoms with Gasteiger partial charge in [-0.3, -0.25) is 4.99 Å². The molecule has 1 aromatic carbocycles. The molecule has 9 heteroatoms. The summed E-state index contributed by atoms with van der Waals surface area (Å²) in [5.74, 6) is 0.639. The number of halogens is 4. The molecule has 2 N–H and O–H groups in total. The van der Waals surface area contributed by atoms with Crippen LogP contribution >= 0.6 is 24.0 Å². The molecule has 0 saturated heterocycles. The van der Waals surface area contributed by atoms with Crippen molar-refractivity contribution in [2.75, 3.05) is 27.3 Å². The lowest BCUT2D eigenvalue weighted by molar-refractivity contribution is -0.138. The molecule has 0 atom stereocenters. The third kappa shape index (κ3) is 8.93. The number of benzene rings is 1. The maximum absolute atomic E-state index is 13.3. The second-order valence-electron chi connectivity index (χ2n) is 5.68. The quantitative estimate of drug-likeness (QED) is 0.253. The number of nitrogens with zero attached hydrogens (tertiary/aromatic N) is 1. The number of hydrogen-bond donors (Lipinski definition) is 2. The third-order valence-electron chi connectivity index (χ3n) is 3.25. The van der Waals surface area contributed by atoms with Crippen LogP contribution in [0.2, 0.25) is 0 Å². The van der Waals surface area contributed by atoms with Gasteiger partial charge in [-0.05, 0) is 38.0 Å². The molecule has 0 aromatic heterocycles. The monoisotopic (exact) mass is 489 g/mol.